The Hall–Kier alpha value is -0.580. The van der Waals surface area contributed by atoms with Gasteiger partial charge in [0.2, 0.25) is 0 Å². The predicted molar refractivity (Wildman–Crippen MR) is 74.3 cm³/mol. The lowest BCUT2D eigenvalue weighted by Crippen LogP contribution is -2.51. The summed E-state index contributed by atoms with van der Waals surface area (Å²) in [5.41, 5.74) is 0.523. The smallest absolute Gasteiger partial charge is 0.0860 e. The molecule has 17 heavy (non-hydrogen) atoms. The molecule has 0 heterocycles. The molecule has 0 radical (unpaired) electrons. The van der Waals surface area contributed by atoms with Crippen LogP contribution >= 0.6 is 15.9 Å². The van der Waals surface area contributed by atoms with Crippen molar-refractivity contribution in [2.75, 3.05) is 25.6 Å². The second kappa shape index (κ2) is 6.38. The van der Waals surface area contributed by atoms with Crippen molar-refractivity contribution in [3.05, 3.63) is 28.7 Å². The molecular formula is C13H20BrNO2. The van der Waals surface area contributed by atoms with E-state index in [1.54, 1.807) is 7.11 Å². The van der Waals surface area contributed by atoms with Crippen molar-refractivity contribution in [3.8, 4) is 0 Å². The molecule has 0 bridgehead atoms. The van der Waals surface area contributed by atoms with Gasteiger partial charge in [-0.1, -0.05) is 35.8 Å². The third-order valence-corrected chi connectivity index (χ3v) is 3.50. The van der Waals surface area contributed by atoms with Gasteiger partial charge in [0.25, 0.3) is 0 Å². The SMILES string of the molecule is COCC(CO)(Nc1cccc(Br)c1)C(C)C. The fourth-order valence-electron chi connectivity index (χ4n) is 1.73. The van der Waals surface area contributed by atoms with Crippen LogP contribution in [0.4, 0.5) is 5.69 Å². The van der Waals surface area contributed by atoms with Crippen molar-refractivity contribution in [1.82, 2.24) is 0 Å². The highest BCUT2D eigenvalue weighted by molar-refractivity contribution is 9.10. The molecule has 0 amide bonds. The van der Waals surface area contributed by atoms with Crippen LogP contribution < -0.4 is 5.32 Å². The third kappa shape index (κ3) is 3.69. The first kappa shape index (κ1) is 14.5. The lowest BCUT2D eigenvalue weighted by molar-refractivity contribution is 0.0724. The first-order chi connectivity index (χ1) is 8.04. The summed E-state index contributed by atoms with van der Waals surface area (Å²) < 4.78 is 6.24. The maximum atomic E-state index is 9.65. The molecule has 0 saturated heterocycles. The van der Waals surface area contributed by atoms with E-state index < -0.39 is 5.54 Å². The van der Waals surface area contributed by atoms with E-state index in [4.69, 9.17) is 4.74 Å². The molecule has 0 aromatic heterocycles. The standard InChI is InChI=1S/C13H20BrNO2/c1-10(2)13(8-16,9-17-3)15-12-6-4-5-11(14)7-12/h4-7,10,15-16H,8-9H2,1-3H3. The number of hydrogen-bond acceptors (Lipinski definition) is 3. The maximum absolute atomic E-state index is 9.65. The molecule has 2 N–H and O–H groups in total. The Morgan fingerprint density at radius 2 is 2.18 bits per heavy atom. The van der Waals surface area contributed by atoms with Crippen LogP contribution in [-0.4, -0.2) is 31.0 Å². The Balaban J connectivity index is 2.92. The van der Waals surface area contributed by atoms with Gasteiger partial charge in [-0.2, -0.15) is 0 Å². The second-order valence-electron chi connectivity index (χ2n) is 4.54. The zero-order valence-electron chi connectivity index (χ0n) is 10.5. The van der Waals surface area contributed by atoms with Gasteiger partial charge in [0.15, 0.2) is 0 Å². The Kier molecular flexibility index (Phi) is 5.43. The first-order valence-corrected chi connectivity index (χ1v) is 6.47. The van der Waals surface area contributed by atoms with Crippen molar-refractivity contribution in [2.24, 2.45) is 5.92 Å². The highest BCUT2D eigenvalue weighted by Gasteiger charge is 2.33. The van der Waals surface area contributed by atoms with E-state index >= 15 is 0 Å². The number of methoxy groups -OCH3 is 1. The minimum atomic E-state index is -0.449. The van der Waals surface area contributed by atoms with Gasteiger partial charge < -0.3 is 15.2 Å². The molecule has 0 spiro atoms. The molecule has 4 heteroatoms. The van der Waals surface area contributed by atoms with Crippen LogP contribution in [0.2, 0.25) is 0 Å². The van der Waals surface area contributed by atoms with Crippen LogP contribution in [0, 0.1) is 5.92 Å². The normalized spacial score (nSPS) is 14.7. The number of aliphatic hydroxyl groups is 1. The first-order valence-electron chi connectivity index (χ1n) is 5.67. The summed E-state index contributed by atoms with van der Waals surface area (Å²) in [4.78, 5) is 0. The van der Waals surface area contributed by atoms with Crippen LogP contribution in [0.1, 0.15) is 13.8 Å². The van der Waals surface area contributed by atoms with E-state index in [9.17, 15) is 5.11 Å². The van der Waals surface area contributed by atoms with E-state index in [0.717, 1.165) is 10.2 Å². The Bertz CT molecular complexity index is 357. The van der Waals surface area contributed by atoms with Crippen LogP contribution in [-0.2, 0) is 4.74 Å². The van der Waals surface area contributed by atoms with Crippen molar-refractivity contribution in [1.29, 1.82) is 0 Å². The van der Waals surface area contributed by atoms with E-state index in [0.29, 0.717) is 6.61 Å². The predicted octanol–water partition coefficient (Wildman–Crippen LogP) is 2.89. The number of halogens is 1. The Morgan fingerprint density at radius 1 is 1.47 bits per heavy atom. The average molecular weight is 302 g/mol. The van der Waals surface area contributed by atoms with Gasteiger partial charge in [-0.05, 0) is 24.1 Å². The van der Waals surface area contributed by atoms with Crippen LogP contribution in [0.5, 0.6) is 0 Å². The van der Waals surface area contributed by atoms with Crippen molar-refractivity contribution < 1.29 is 9.84 Å². The average Bonchev–Trinajstić information content (AvgIpc) is 2.28. The topological polar surface area (TPSA) is 41.5 Å². The molecule has 1 rings (SSSR count). The lowest BCUT2D eigenvalue weighted by atomic mass is 9.87. The molecular weight excluding hydrogens is 282 g/mol. The minimum absolute atomic E-state index is 0.0328. The molecule has 1 aromatic rings. The lowest BCUT2D eigenvalue weighted by Gasteiger charge is -2.37. The maximum Gasteiger partial charge on any atom is 0.0860 e. The molecule has 0 aliphatic heterocycles. The summed E-state index contributed by atoms with van der Waals surface area (Å²) in [5.74, 6) is 0.256. The molecule has 1 unspecified atom stereocenters. The van der Waals surface area contributed by atoms with Gasteiger partial charge in [0.1, 0.15) is 0 Å². The van der Waals surface area contributed by atoms with Gasteiger partial charge in [-0.15, -0.1) is 0 Å². The summed E-state index contributed by atoms with van der Waals surface area (Å²) in [6.45, 7) is 4.64. The summed E-state index contributed by atoms with van der Waals surface area (Å²) in [5, 5.41) is 13.0. The number of nitrogens with one attached hydrogen (secondary N) is 1. The minimum Gasteiger partial charge on any atom is -0.394 e. The number of hydrogen-bond donors (Lipinski definition) is 2. The van der Waals surface area contributed by atoms with Gasteiger partial charge in [0.05, 0.1) is 18.8 Å². The number of benzene rings is 1. The van der Waals surface area contributed by atoms with Crippen LogP contribution in [0.25, 0.3) is 0 Å². The molecule has 0 saturated carbocycles. The molecule has 0 aliphatic rings. The summed E-state index contributed by atoms with van der Waals surface area (Å²) >= 11 is 3.43. The fraction of sp³-hybridized carbons (Fsp3) is 0.538. The number of rotatable bonds is 6. The van der Waals surface area contributed by atoms with E-state index in [2.05, 4.69) is 35.1 Å². The van der Waals surface area contributed by atoms with Crippen molar-refractivity contribution in [3.63, 3.8) is 0 Å². The number of ether oxygens (including phenoxy) is 1. The molecule has 0 fully saturated rings. The van der Waals surface area contributed by atoms with Gasteiger partial charge in [-0.25, -0.2) is 0 Å². The third-order valence-electron chi connectivity index (χ3n) is 3.01. The summed E-state index contributed by atoms with van der Waals surface area (Å²) in [6.07, 6.45) is 0. The zero-order valence-corrected chi connectivity index (χ0v) is 12.1. The highest BCUT2D eigenvalue weighted by Crippen LogP contribution is 2.25. The van der Waals surface area contributed by atoms with E-state index in [1.807, 2.05) is 24.3 Å². The second-order valence-corrected chi connectivity index (χ2v) is 5.45. The van der Waals surface area contributed by atoms with Gasteiger partial charge in [0, 0.05) is 17.3 Å². The Morgan fingerprint density at radius 3 is 2.65 bits per heavy atom. The summed E-state index contributed by atoms with van der Waals surface area (Å²) in [6, 6.07) is 7.90. The summed E-state index contributed by atoms with van der Waals surface area (Å²) in [7, 11) is 1.65. The molecule has 0 aliphatic carbocycles. The van der Waals surface area contributed by atoms with Crippen LogP contribution in [0.3, 0.4) is 0 Å². The molecule has 1 atom stereocenters. The fourth-order valence-corrected chi connectivity index (χ4v) is 2.13. The van der Waals surface area contributed by atoms with Crippen LogP contribution in [0.15, 0.2) is 28.7 Å². The van der Waals surface area contributed by atoms with Gasteiger partial charge in [-0.3, -0.25) is 0 Å². The van der Waals surface area contributed by atoms with Crippen molar-refractivity contribution in [2.45, 2.75) is 19.4 Å². The Labute approximate surface area is 111 Å². The monoisotopic (exact) mass is 301 g/mol. The molecule has 96 valence electrons. The van der Waals surface area contributed by atoms with Crippen molar-refractivity contribution >= 4 is 21.6 Å². The zero-order chi connectivity index (χ0) is 12.9. The number of anilines is 1. The highest BCUT2D eigenvalue weighted by atomic mass is 79.9. The largest absolute Gasteiger partial charge is 0.394 e. The molecule has 3 nitrogen and oxygen atoms in total. The van der Waals surface area contributed by atoms with E-state index in [-0.39, 0.29) is 12.5 Å². The van der Waals surface area contributed by atoms with E-state index in [1.165, 1.54) is 0 Å². The van der Waals surface area contributed by atoms with Gasteiger partial charge >= 0.3 is 0 Å². The molecule has 1 aromatic carbocycles. The number of aliphatic hydroxyl groups excluding tert-OH is 1. The quantitative estimate of drug-likeness (QED) is 0.849.